The molecule has 0 bridgehead atoms. The minimum Gasteiger partial charge on any atom is -0.497 e. The van der Waals surface area contributed by atoms with Crippen LogP contribution in [0.5, 0.6) is 5.75 Å². The van der Waals surface area contributed by atoms with Gasteiger partial charge in [0.25, 0.3) is 11.8 Å². The van der Waals surface area contributed by atoms with Gasteiger partial charge in [0.2, 0.25) is 0 Å². The van der Waals surface area contributed by atoms with Crippen LogP contribution in [-0.2, 0) is 13.0 Å². The molecule has 1 atom stereocenters. The summed E-state index contributed by atoms with van der Waals surface area (Å²) in [5.74, 6) is 0.135. The smallest absolute Gasteiger partial charge is 0.323 e. The summed E-state index contributed by atoms with van der Waals surface area (Å²) in [6, 6.07) is 20.8. The van der Waals surface area contributed by atoms with Crippen molar-refractivity contribution in [1.29, 1.82) is 0 Å². The molecule has 2 heterocycles. The number of aliphatic hydroxyl groups is 1. The molecule has 49 heavy (non-hydrogen) atoms. The van der Waals surface area contributed by atoms with Crippen molar-refractivity contribution in [2.45, 2.75) is 65.5 Å². The number of rotatable bonds is 13. The number of benzene rings is 3. The third-order valence-electron chi connectivity index (χ3n) is 8.82. The monoisotopic (exact) mass is 666 g/mol. The first-order chi connectivity index (χ1) is 23.8. The fraction of sp³-hybridized carbons (Fsp3) is 0.368. The molecule has 4 aromatic rings. The largest absolute Gasteiger partial charge is 0.497 e. The van der Waals surface area contributed by atoms with Crippen molar-refractivity contribution in [3.05, 3.63) is 101 Å². The number of hydrogen-bond donors (Lipinski definition) is 3. The van der Waals surface area contributed by atoms with Gasteiger partial charge >= 0.3 is 6.03 Å². The minimum atomic E-state index is -0.498. The van der Waals surface area contributed by atoms with E-state index >= 15 is 0 Å². The third-order valence-corrected chi connectivity index (χ3v) is 8.82. The number of aromatic nitrogens is 2. The second-order valence-corrected chi connectivity index (χ2v) is 12.4. The lowest BCUT2D eigenvalue weighted by Gasteiger charge is -2.36. The van der Waals surface area contributed by atoms with E-state index in [-0.39, 0.29) is 24.0 Å². The molecule has 3 aromatic carbocycles. The van der Waals surface area contributed by atoms with Crippen LogP contribution in [0.4, 0.5) is 16.2 Å². The van der Waals surface area contributed by atoms with E-state index in [4.69, 9.17) is 9.84 Å². The van der Waals surface area contributed by atoms with E-state index in [9.17, 15) is 19.5 Å². The molecule has 1 aliphatic heterocycles. The zero-order chi connectivity index (χ0) is 34.9. The van der Waals surface area contributed by atoms with Gasteiger partial charge in [0, 0.05) is 42.8 Å². The van der Waals surface area contributed by atoms with E-state index in [0.717, 1.165) is 36.8 Å². The van der Waals surface area contributed by atoms with Crippen molar-refractivity contribution in [3.8, 4) is 11.4 Å². The van der Waals surface area contributed by atoms with Gasteiger partial charge in [-0.2, -0.15) is 5.10 Å². The first-order valence-electron chi connectivity index (χ1n) is 17.0. The van der Waals surface area contributed by atoms with Gasteiger partial charge in [0.05, 0.1) is 31.0 Å². The van der Waals surface area contributed by atoms with E-state index in [1.54, 1.807) is 65.2 Å². The van der Waals surface area contributed by atoms with Crippen LogP contribution in [0.3, 0.4) is 0 Å². The number of aliphatic hydroxyl groups excluding tert-OH is 1. The Hall–Kier alpha value is -5.16. The molecule has 1 aliphatic rings. The third kappa shape index (κ3) is 8.29. The van der Waals surface area contributed by atoms with Crippen molar-refractivity contribution in [1.82, 2.24) is 19.6 Å². The number of aryl methyl sites for hydroxylation is 1. The summed E-state index contributed by atoms with van der Waals surface area (Å²) in [5, 5.41) is 20.7. The second kappa shape index (κ2) is 16.3. The summed E-state index contributed by atoms with van der Waals surface area (Å²) in [6.07, 6.45) is 4.27. The predicted octanol–water partition coefficient (Wildman–Crippen LogP) is 6.44. The molecular formula is C38H46N6O5. The Morgan fingerprint density at radius 2 is 1.61 bits per heavy atom. The standard InChI is InChI=1S/C38H46N6O5/c1-5-7-18-42(19-8-6-2)37(47)34-20-26(3)44(41-34)35-17-16-30(40-38(48)39-29-14-11-15-32(22-29)49-4)23-33(35)36(46)43-24-28-13-10-9-12-27(28)21-31(43)25-45/h9-17,20,22-23,31,45H,5-8,18-19,21,24-25H2,1-4H3,(H2,39,40,48). The number of fused-ring (bicyclic) bond motifs is 1. The van der Waals surface area contributed by atoms with Gasteiger partial charge in [0.1, 0.15) is 5.75 Å². The summed E-state index contributed by atoms with van der Waals surface area (Å²) in [7, 11) is 1.55. The lowest BCUT2D eigenvalue weighted by molar-refractivity contribution is 0.0544. The van der Waals surface area contributed by atoms with Crippen LogP contribution in [0.15, 0.2) is 72.8 Å². The molecule has 1 aromatic heterocycles. The van der Waals surface area contributed by atoms with Crippen LogP contribution in [-0.4, -0.2) is 75.4 Å². The maximum absolute atomic E-state index is 14.5. The molecule has 0 radical (unpaired) electrons. The highest BCUT2D eigenvalue weighted by atomic mass is 16.5. The number of unbranched alkanes of at least 4 members (excludes halogenated alkanes) is 2. The summed E-state index contributed by atoms with van der Waals surface area (Å²) >= 11 is 0. The summed E-state index contributed by atoms with van der Waals surface area (Å²) in [5.41, 5.74) is 4.76. The number of anilines is 2. The van der Waals surface area contributed by atoms with Gasteiger partial charge in [-0.3, -0.25) is 9.59 Å². The molecule has 11 nitrogen and oxygen atoms in total. The number of methoxy groups -OCH3 is 1. The molecule has 0 aliphatic carbocycles. The average molecular weight is 667 g/mol. The Morgan fingerprint density at radius 3 is 2.29 bits per heavy atom. The summed E-state index contributed by atoms with van der Waals surface area (Å²) < 4.78 is 6.87. The van der Waals surface area contributed by atoms with Crippen molar-refractivity contribution in [3.63, 3.8) is 0 Å². The van der Waals surface area contributed by atoms with Gasteiger partial charge in [-0.05, 0) is 73.7 Å². The van der Waals surface area contributed by atoms with Gasteiger partial charge in [0.15, 0.2) is 5.69 Å². The maximum Gasteiger partial charge on any atom is 0.323 e. The number of nitrogens with zero attached hydrogens (tertiary/aromatic N) is 4. The first kappa shape index (κ1) is 35.2. The van der Waals surface area contributed by atoms with Crippen molar-refractivity contribution >= 4 is 29.2 Å². The van der Waals surface area contributed by atoms with Gasteiger partial charge in [-0.15, -0.1) is 0 Å². The van der Waals surface area contributed by atoms with E-state index in [1.165, 1.54) is 0 Å². The molecule has 0 saturated carbocycles. The molecule has 3 N–H and O–H groups in total. The Morgan fingerprint density at radius 1 is 0.918 bits per heavy atom. The molecular weight excluding hydrogens is 620 g/mol. The molecule has 0 saturated heterocycles. The van der Waals surface area contributed by atoms with Gasteiger partial charge in [-0.1, -0.05) is 57.0 Å². The summed E-state index contributed by atoms with van der Waals surface area (Å²) in [4.78, 5) is 44.8. The number of carbonyl (C=O) groups is 3. The molecule has 5 rings (SSSR count). The van der Waals surface area contributed by atoms with Crippen LogP contribution in [0.25, 0.3) is 5.69 Å². The first-order valence-corrected chi connectivity index (χ1v) is 17.0. The number of urea groups is 1. The van der Waals surface area contributed by atoms with Crippen molar-refractivity contribution in [2.75, 3.05) is 37.4 Å². The van der Waals surface area contributed by atoms with E-state index in [1.807, 2.05) is 36.1 Å². The Balaban J connectivity index is 1.51. The fourth-order valence-corrected chi connectivity index (χ4v) is 6.10. The SMILES string of the molecule is CCCCN(CCCC)C(=O)c1cc(C)n(-c2ccc(NC(=O)Nc3cccc(OC)c3)cc2C(=O)N2Cc3ccccc3CC2CO)n1. The Kier molecular flexibility index (Phi) is 11.7. The minimum absolute atomic E-state index is 0.142. The number of ether oxygens (including phenoxy) is 1. The van der Waals surface area contributed by atoms with Crippen LogP contribution in [0, 0.1) is 6.92 Å². The Bertz CT molecular complexity index is 1780. The zero-order valence-corrected chi connectivity index (χ0v) is 28.7. The molecule has 4 amide bonds. The fourth-order valence-electron chi connectivity index (χ4n) is 6.10. The lowest BCUT2D eigenvalue weighted by Crippen LogP contribution is -2.46. The number of nitrogens with one attached hydrogen (secondary N) is 2. The summed E-state index contributed by atoms with van der Waals surface area (Å²) in [6.45, 7) is 7.47. The van der Waals surface area contributed by atoms with Crippen molar-refractivity contribution < 1.29 is 24.2 Å². The van der Waals surface area contributed by atoms with Crippen LogP contribution in [0.2, 0.25) is 0 Å². The quantitative estimate of drug-likeness (QED) is 0.151. The Labute approximate surface area is 287 Å². The number of hydrogen-bond acceptors (Lipinski definition) is 6. The van der Waals surface area contributed by atoms with Crippen LogP contribution >= 0.6 is 0 Å². The topological polar surface area (TPSA) is 129 Å². The normalized spacial score (nSPS) is 13.8. The highest BCUT2D eigenvalue weighted by Gasteiger charge is 2.32. The molecule has 0 spiro atoms. The average Bonchev–Trinajstić information content (AvgIpc) is 3.51. The van der Waals surface area contributed by atoms with E-state index in [0.29, 0.717) is 60.3 Å². The van der Waals surface area contributed by atoms with E-state index in [2.05, 4.69) is 24.5 Å². The molecule has 1 unspecified atom stereocenters. The van der Waals surface area contributed by atoms with Crippen LogP contribution in [0.1, 0.15) is 77.2 Å². The lowest BCUT2D eigenvalue weighted by atomic mass is 9.93. The van der Waals surface area contributed by atoms with Crippen molar-refractivity contribution in [2.24, 2.45) is 0 Å². The van der Waals surface area contributed by atoms with E-state index < -0.39 is 12.1 Å². The van der Waals surface area contributed by atoms with Gasteiger partial charge < -0.3 is 30.3 Å². The molecule has 11 heteroatoms. The second-order valence-electron chi connectivity index (χ2n) is 12.4. The number of amides is 4. The highest BCUT2D eigenvalue weighted by Crippen LogP contribution is 2.29. The zero-order valence-electron chi connectivity index (χ0n) is 28.7. The predicted molar refractivity (Wildman–Crippen MR) is 191 cm³/mol. The van der Waals surface area contributed by atoms with Crippen LogP contribution < -0.4 is 15.4 Å². The number of carbonyl (C=O) groups excluding carboxylic acids is 3. The molecule has 0 fully saturated rings. The maximum atomic E-state index is 14.5. The highest BCUT2D eigenvalue weighted by molar-refractivity contribution is 6.03. The molecule has 258 valence electrons. The van der Waals surface area contributed by atoms with Gasteiger partial charge in [-0.25, -0.2) is 9.48 Å².